The number of hydrogen-bond acceptors (Lipinski definition) is 5. The minimum absolute atomic E-state index is 0.156. The van der Waals surface area contributed by atoms with E-state index in [0.717, 1.165) is 17.0 Å². The fourth-order valence-electron chi connectivity index (χ4n) is 3.33. The quantitative estimate of drug-likeness (QED) is 0.411. The normalized spacial score (nSPS) is 11.0. The second-order valence-electron chi connectivity index (χ2n) is 7.24. The fraction of sp³-hybridized carbons (Fsp3) is 0.217. The van der Waals surface area contributed by atoms with E-state index in [4.69, 9.17) is 0 Å². The molecule has 0 fully saturated rings. The van der Waals surface area contributed by atoms with Crippen LogP contribution in [0.5, 0.6) is 0 Å². The van der Waals surface area contributed by atoms with Gasteiger partial charge in [-0.3, -0.25) is 4.79 Å². The number of amides is 1. The molecule has 0 radical (unpaired) electrons. The third kappa shape index (κ3) is 4.88. The van der Waals surface area contributed by atoms with Gasteiger partial charge in [-0.1, -0.05) is 41.6 Å². The molecule has 1 amide bonds. The lowest BCUT2D eigenvalue weighted by Crippen LogP contribution is -2.24. The maximum Gasteiger partial charge on any atom is 0.230 e. The minimum Gasteiger partial charge on any atom is -0.351 e. The second kappa shape index (κ2) is 9.78. The first kappa shape index (κ1) is 21.8. The van der Waals surface area contributed by atoms with E-state index in [1.165, 1.54) is 24.2 Å². The van der Waals surface area contributed by atoms with Crippen molar-refractivity contribution in [2.45, 2.75) is 32.1 Å². The first-order valence-electron chi connectivity index (χ1n) is 10.2. The van der Waals surface area contributed by atoms with E-state index in [2.05, 4.69) is 26.6 Å². The van der Waals surface area contributed by atoms with Gasteiger partial charge >= 0.3 is 0 Å². The predicted octanol–water partition coefficient (Wildman–Crippen LogP) is 4.01. The summed E-state index contributed by atoms with van der Waals surface area (Å²) in [5.41, 5.74) is 3.24. The van der Waals surface area contributed by atoms with Gasteiger partial charge < -0.3 is 14.5 Å². The average molecular weight is 451 g/mol. The molecule has 0 saturated heterocycles. The number of nitrogens with zero attached hydrogens (tertiary/aromatic N) is 5. The van der Waals surface area contributed by atoms with Crippen LogP contribution in [0.15, 0.2) is 66.3 Å². The Bertz CT molecular complexity index is 1220. The Hall–Kier alpha value is -3.46. The monoisotopic (exact) mass is 450 g/mol. The number of rotatable bonds is 8. The number of carbonyl (C=O) groups is 1. The summed E-state index contributed by atoms with van der Waals surface area (Å²) in [7, 11) is 0. The molecular formula is C23H23FN6OS. The largest absolute Gasteiger partial charge is 0.351 e. The molecule has 0 bridgehead atoms. The number of thioether (sulfide) groups is 1. The Balaban J connectivity index is 1.35. The lowest BCUT2D eigenvalue weighted by Gasteiger charge is -2.09. The Morgan fingerprint density at radius 2 is 2.06 bits per heavy atom. The van der Waals surface area contributed by atoms with E-state index in [1.807, 2.05) is 36.6 Å². The summed E-state index contributed by atoms with van der Waals surface area (Å²) >= 11 is 1.33. The lowest BCUT2D eigenvalue weighted by molar-refractivity contribution is -0.118. The molecule has 9 heteroatoms. The highest BCUT2D eigenvalue weighted by molar-refractivity contribution is 7.99. The van der Waals surface area contributed by atoms with Crippen molar-refractivity contribution in [2.24, 2.45) is 0 Å². The molecule has 164 valence electrons. The van der Waals surface area contributed by atoms with Crippen LogP contribution < -0.4 is 5.32 Å². The van der Waals surface area contributed by atoms with Crippen LogP contribution in [0.3, 0.4) is 0 Å². The molecule has 0 saturated carbocycles. The molecule has 32 heavy (non-hydrogen) atoms. The van der Waals surface area contributed by atoms with E-state index in [9.17, 15) is 9.18 Å². The molecule has 2 aromatic heterocycles. The van der Waals surface area contributed by atoms with Crippen LogP contribution in [-0.4, -0.2) is 36.0 Å². The maximum atomic E-state index is 14.4. The lowest BCUT2D eigenvalue weighted by atomic mass is 10.1. The van der Waals surface area contributed by atoms with Crippen molar-refractivity contribution in [2.75, 3.05) is 5.75 Å². The van der Waals surface area contributed by atoms with E-state index in [0.29, 0.717) is 23.0 Å². The summed E-state index contributed by atoms with van der Waals surface area (Å²) in [5.74, 6) is 0.454. The van der Waals surface area contributed by atoms with Crippen molar-refractivity contribution in [3.05, 3.63) is 78.1 Å². The third-order valence-corrected chi connectivity index (χ3v) is 5.89. The van der Waals surface area contributed by atoms with Gasteiger partial charge in [0.2, 0.25) is 5.91 Å². The zero-order valence-electron chi connectivity index (χ0n) is 17.8. The molecule has 0 atom stereocenters. The molecule has 7 nitrogen and oxygen atoms in total. The Morgan fingerprint density at radius 3 is 2.78 bits per heavy atom. The molecule has 4 aromatic rings. The summed E-state index contributed by atoms with van der Waals surface area (Å²) in [6, 6.07) is 13.0. The van der Waals surface area contributed by atoms with Crippen molar-refractivity contribution in [1.82, 2.24) is 29.6 Å². The van der Waals surface area contributed by atoms with Gasteiger partial charge in [-0.05, 0) is 37.6 Å². The summed E-state index contributed by atoms with van der Waals surface area (Å²) in [4.78, 5) is 16.3. The van der Waals surface area contributed by atoms with Crippen LogP contribution in [0, 0.1) is 12.7 Å². The molecular weight excluding hydrogens is 427 g/mol. The molecule has 0 unspecified atom stereocenters. The summed E-state index contributed by atoms with van der Waals surface area (Å²) in [6.45, 7) is 5.00. The van der Waals surface area contributed by atoms with E-state index >= 15 is 0 Å². The van der Waals surface area contributed by atoms with Crippen molar-refractivity contribution in [3.8, 4) is 17.1 Å². The molecule has 2 aromatic carbocycles. The Morgan fingerprint density at radius 1 is 1.19 bits per heavy atom. The van der Waals surface area contributed by atoms with Crippen LogP contribution in [0.1, 0.15) is 18.1 Å². The van der Waals surface area contributed by atoms with Gasteiger partial charge in [-0.2, -0.15) is 0 Å². The molecule has 0 aliphatic heterocycles. The molecule has 0 aliphatic carbocycles. The Kier molecular flexibility index (Phi) is 6.65. The predicted molar refractivity (Wildman–Crippen MR) is 122 cm³/mol. The van der Waals surface area contributed by atoms with Crippen molar-refractivity contribution >= 4 is 17.7 Å². The third-order valence-electron chi connectivity index (χ3n) is 4.93. The number of nitrogens with one attached hydrogen (secondary N) is 1. The van der Waals surface area contributed by atoms with Crippen molar-refractivity contribution in [3.63, 3.8) is 0 Å². The number of carbonyl (C=O) groups excluding carboxylic acids is 1. The van der Waals surface area contributed by atoms with E-state index < -0.39 is 0 Å². The number of aryl methyl sites for hydroxylation is 1. The van der Waals surface area contributed by atoms with Gasteiger partial charge in [0.25, 0.3) is 0 Å². The fourth-order valence-corrected chi connectivity index (χ4v) is 4.16. The smallest absolute Gasteiger partial charge is 0.230 e. The molecule has 2 heterocycles. The van der Waals surface area contributed by atoms with Crippen LogP contribution >= 0.6 is 11.8 Å². The van der Waals surface area contributed by atoms with Gasteiger partial charge in [0.15, 0.2) is 11.0 Å². The van der Waals surface area contributed by atoms with E-state index in [-0.39, 0.29) is 24.0 Å². The SMILES string of the molecule is CCn1c(SCC(=O)NCc2ccc(-n3ccnc3)c(F)c2)nnc1-c1cccc(C)c1. The van der Waals surface area contributed by atoms with Crippen molar-refractivity contribution < 1.29 is 9.18 Å². The van der Waals surface area contributed by atoms with Crippen molar-refractivity contribution in [1.29, 1.82) is 0 Å². The zero-order valence-corrected chi connectivity index (χ0v) is 18.6. The van der Waals surface area contributed by atoms with Crippen LogP contribution in [0.4, 0.5) is 4.39 Å². The standard InChI is InChI=1S/C23H23FN6OS/c1-3-30-22(18-6-4-5-16(2)11-18)27-28-23(30)32-14-21(31)26-13-17-7-8-20(19(24)12-17)29-10-9-25-15-29/h4-12,15H,3,13-14H2,1-2H3,(H,26,31). The molecule has 1 N–H and O–H groups in total. The van der Waals surface area contributed by atoms with Gasteiger partial charge in [0.1, 0.15) is 5.82 Å². The first-order valence-corrected chi connectivity index (χ1v) is 11.2. The molecule has 4 rings (SSSR count). The summed E-state index contributed by atoms with van der Waals surface area (Å²) in [6.07, 6.45) is 4.81. The number of imidazole rings is 1. The number of aromatic nitrogens is 5. The highest BCUT2D eigenvalue weighted by Crippen LogP contribution is 2.24. The first-order chi connectivity index (χ1) is 15.5. The van der Waals surface area contributed by atoms with Gasteiger partial charge in [0.05, 0.1) is 17.8 Å². The minimum atomic E-state index is -0.371. The van der Waals surface area contributed by atoms with Crippen LogP contribution in [-0.2, 0) is 17.9 Å². The zero-order chi connectivity index (χ0) is 22.5. The topological polar surface area (TPSA) is 77.6 Å². The van der Waals surface area contributed by atoms with Gasteiger partial charge in [-0.15, -0.1) is 10.2 Å². The summed E-state index contributed by atoms with van der Waals surface area (Å²) in [5, 5.41) is 12.1. The summed E-state index contributed by atoms with van der Waals surface area (Å²) < 4.78 is 18.0. The van der Waals surface area contributed by atoms with Crippen LogP contribution in [0.2, 0.25) is 0 Å². The maximum absolute atomic E-state index is 14.4. The van der Waals surface area contributed by atoms with Gasteiger partial charge in [0, 0.05) is 31.0 Å². The number of hydrogen-bond donors (Lipinski definition) is 1. The number of halogens is 1. The van der Waals surface area contributed by atoms with E-state index in [1.54, 1.807) is 29.1 Å². The average Bonchev–Trinajstić information content (AvgIpc) is 3.46. The second-order valence-corrected chi connectivity index (χ2v) is 8.18. The highest BCUT2D eigenvalue weighted by atomic mass is 32.2. The Labute approximate surface area is 189 Å². The molecule has 0 aliphatic rings. The van der Waals surface area contributed by atoms with Gasteiger partial charge in [-0.25, -0.2) is 9.37 Å². The molecule has 0 spiro atoms. The van der Waals surface area contributed by atoms with Crippen LogP contribution in [0.25, 0.3) is 17.1 Å². The number of benzene rings is 2. The highest BCUT2D eigenvalue weighted by Gasteiger charge is 2.15.